The summed E-state index contributed by atoms with van der Waals surface area (Å²) in [5.41, 5.74) is 1.71. The summed E-state index contributed by atoms with van der Waals surface area (Å²) in [6.45, 7) is 7.21. The van der Waals surface area contributed by atoms with E-state index in [4.69, 9.17) is 0 Å². The Morgan fingerprint density at radius 1 is 1.11 bits per heavy atom. The van der Waals surface area contributed by atoms with Gasteiger partial charge < -0.3 is 15.5 Å². The molecule has 1 aromatic carbocycles. The molecular formula is C22H28N4O2. The summed E-state index contributed by atoms with van der Waals surface area (Å²) in [6, 6.07) is 13.6. The zero-order chi connectivity index (χ0) is 20.1. The van der Waals surface area contributed by atoms with E-state index in [1.165, 1.54) is 0 Å². The molecule has 1 fully saturated rings. The molecule has 0 aliphatic carbocycles. The Labute approximate surface area is 166 Å². The van der Waals surface area contributed by atoms with Crippen molar-refractivity contribution in [1.29, 1.82) is 0 Å². The van der Waals surface area contributed by atoms with Gasteiger partial charge in [-0.15, -0.1) is 0 Å². The minimum atomic E-state index is -0.319. The number of hydrogen-bond acceptors (Lipinski definition) is 3. The molecule has 6 heteroatoms. The van der Waals surface area contributed by atoms with Crippen LogP contribution in [-0.2, 0) is 11.3 Å². The molecular weight excluding hydrogens is 352 g/mol. The molecule has 2 N–H and O–H groups in total. The zero-order valence-corrected chi connectivity index (χ0v) is 16.7. The minimum Gasteiger partial charge on any atom is -0.352 e. The quantitative estimate of drug-likeness (QED) is 0.856. The maximum atomic E-state index is 13.0. The summed E-state index contributed by atoms with van der Waals surface area (Å²) >= 11 is 0. The molecule has 1 saturated heterocycles. The van der Waals surface area contributed by atoms with E-state index < -0.39 is 0 Å². The molecule has 0 spiro atoms. The lowest BCUT2D eigenvalue weighted by Crippen LogP contribution is -2.48. The number of pyridine rings is 1. The highest BCUT2D eigenvalue weighted by Gasteiger charge is 2.40. The summed E-state index contributed by atoms with van der Waals surface area (Å²) in [5, 5.41) is 6.01. The number of hydrogen-bond donors (Lipinski definition) is 2. The van der Waals surface area contributed by atoms with Crippen LogP contribution in [0.1, 0.15) is 37.8 Å². The summed E-state index contributed by atoms with van der Waals surface area (Å²) in [4.78, 5) is 31.5. The molecule has 28 heavy (non-hydrogen) atoms. The highest BCUT2D eigenvalue weighted by Crippen LogP contribution is 2.33. The molecule has 1 aromatic heterocycles. The number of aromatic nitrogens is 1. The van der Waals surface area contributed by atoms with Gasteiger partial charge >= 0.3 is 6.03 Å². The van der Waals surface area contributed by atoms with Crippen molar-refractivity contribution < 1.29 is 9.59 Å². The number of rotatable bonds is 4. The molecule has 0 radical (unpaired) electrons. The topological polar surface area (TPSA) is 74.3 Å². The van der Waals surface area contributed by atoms with Crippen LogP contribution < -0.4 is 10.6 Å². The average Bonchev–Trinajstić information content (AvgIpc) is 3.12. The lowest BCUT2D eigenvalue weighted by molar-refractivity contribution is -0.125. The van der Waals surface area contributed by atoms with Crippen LogP contribution >= 0.6 is 0 Å². The first-order valence-corrected chi connectivity index (χ1v) is 9.62. The van der Waals surface area contributed by atoms with Gasteiger partial charge in [-0.2, -0.15) is 0 Å². The van der Waals surface area contributed by atoms with Gasteiger partial charge in [-0.3, -0.25) is 9.78 Å². The largest absolute Gasteiger partial charge is 0.352 e. The molecule has 0 bridgehead atoms. The van der Waals surface area contributed by atoms with Crippen molar-refractivity contribution in [1.82, 2.24) is 20.5 Å². The van der Waals surface area contributed by atoms with Crippen LogP contribution in [0.25, 0.3) is 0 Å². The van der Waals surface area contributed by atoms with Gasteiger partial charge in [-0.25, -0.2) is 4.79 Å². The number of benzene rings is 1. The molecule has 2 unspecified atom stereocenters. The molecule has 148 valence electrons. The van der Waals surface area contributed by atoms with Crippen molar-refractivity contribution in [3.05, 3.63) is 66.0 Å². The highest BCUT2D eigenvalue weighted by molar-refractivity contribution is 5.83. The van der Waals surface area contributed by atoms with Gasteiger partial charge in [0, 0.05) is 43.5 Å². The Balaban J connectivity index is 1.73. The maximum Gasteiger partial charge on any atom is 0.317 e. The van der Waals surface area contributed by atoms with Crippen LogP contribution in [0.5, 0.6) is 0 Å². The Bertz CT molecular complexity index is 802. The molecule has 1 aliphatic rings. The zero-order valence-electron chi connectivity index (χ0n) is 16.7. The third-order valence-electron chi connectivity index (χ3n) is 4.84. The van der Waals surface area contributed by atoms with Gasteiger partial charge in [0.1, 0.15) is 0 Å². The van der Waals surface area contributed by atoms with Crippen LogP contribution in [0.3, 0.4) is 0 Å². The molecule has 2 atom stereocenters. The number of urea groups is 1. The van der Waals surface area contributed by atoms with Crippen LogP contribution in [0.2, 0.25) is 0 Å². The Hall–Kier alpha value is -2.89. The molecule has 3 amide bonds. The lowest BCUT2D eigenvalue weighted by atomic mass is 9.88. The van der Waals surface area contributed by atoms with Gasteiger partial charge in [0.2, 0.25) is 5.91 Å². The third kappa shape index (κ3) is 5.09. The molecule has 2 aromatic rings. The van der Waals surface area contributed by atoms with Crippen molar-refractivity contribution >= 4 is 11.9 Å². The fourth-order valence-electron chi connectivity index (χ4n) is 3.50. The highest BCUT2D eigenvalue weighted by atomic mass is 16.2. The Morgan fingerprint density at radius 3 is 2.50 bits per heavy atom. The van der Waals surface area contributed by atoms with Crippen molar-refractivity contribution in [3.8, 4) is 0 Å². The second-order valence-electron chi connectivity index (χ2n) is 8.29. The lowest BCUT2D eigenvalue weighted by Gasteiger charge is -2.25. The van der Waals surface area contributed by atoms with Crippen molar-refractivity contribution in [2.24, 2.45) is 5.92 Å². The number of likely N-dealkylation sites (tertiary alicyclic amines) is 1. The van der Waals surface area contributed by atoms with E-state index in [1.54, 1.807) is 17.3 Å². The molecule has 1 aliphatic heterocycles. The van der Waals surface area contributed by atoms with Crippen LogP contribution in [-0.4, -0.2) is 40.5 Å². The van der Waals surface area contributed by atoms with E-state index >= 15 is 0 Å². The first kappa shape index (κ1) is 19.9. The Kier molecular flexibility index (Phi) is 5.97. The van der Waals surface area contributed by atoms with E-state index in [0.29, 0.717) is 19.6 Å². The van der Waals surface area contributed by atoms with Gasteiger partial charge in [0.05, 0.1) is 5.92 Å². The first-order chi connectivity index (χ1) is 13.3. The van der Waals surface area contributed by atoms with E-state index in [9.17, 15) is 9.59 Å². The SMILES string of the molecule is CC(C)(C)NC(=O)N1CC(C(=O)NCc2cccnc2)C(c2ccccc2)C1. The predicted octanol–water partition coefficient (Wildman–Crippen LogP) is 2.92. The van der Waals surface area contributed by atoms with E-state index in [-0.39, 0.29) is 29.3 Å². The summed E-state index contributed by atoms with van der Waals surface area (Å²) in [5.74, 6) is -0.352. The van der Waals surface area contributed by atoms with Crippen LogP contribution in [0.15, 0.2) is 54.9 Å². The normalized spacial score (nSPS) is 19.3. The summed E-state index contributed by atoms with van der Waals surface area (Å²) in [6.07, 6.45) is 3.45. The van der Waals surface area contributed by atoms with E-state index in [2.05, 4.69) is 15.6 Å². The summed E-state index contributed by atoms with van der Waals surface area (Å²) < 4.78 is 0. The third-order valence-corrected chi connectivity index (χ3v) is 4.84. The fourth-order valence-corrected chi connectivity index (χ4v) is 3.50. The maximum absolute atomic E-state index is 13.0. The monoisotopic (exact) mass is 380 g/mol. The second-order valence-corrected chi connectivity index (χ2v) is 8.29. The van der Waals surface area contributed by atoms with Crippen LogP contribution in [0, 0.1) is 5.92 Å². The van der Waals surface area contributed by atoms with Crippen LogP contribution in [0.4, 0.5) is 4.79 Å². The van der Waals surface area contributed by atoms with Gasteiger partial charge in [0.15, 0.2) is 0 Å². The number of carbonyl (C=O) groups excluding carboxylic acids is 2. The van der Waals surface area contributed by atoms with Crippen molar-refractivity contribution in [2.45, 2.75) is 38.8 Å². The number of nitrogens with zero attached hydrogens (tertiary/aromatic N) is 2. The van der Waals surface area contributed by atoms with Gasteiger partial charge in [0.25, 0.3) is 0 Å². The Morgan fingerprint density at radius 2 is 1.86 bits per heavy atom. The number of carbonyl (C=O) groups is 2. The molecule has 0 saturated carbocycles. The first-order valence-electron chi connectivity index (χ1n) is 9.62. The second kappa shape index (κ2) is 8.42. The van der Waals surface area contributed by atoms with Crippen molar-refractivity contribution in [3.63, 3.8) is 0 Å². The minimum absolute atomic E-state index is 0.0270. The van der Waals surface area contributed by atoms with Gasteiger partial charge in [-0.05, 0) is 38.0 Å². The predicted molar refractivity (Wildman–Crippen MR) is 109 cm³/mol. The average molecular weight is 380 g/mol. The van der Waals surface area contributed by atoms with E-state index in [0.717, 1.165) is 11.1 Å². The molecule has 2 heterocycles. The number of nitrogens with one attached hydrogen (secondary N) is 2. The fraction of sp³-hybridized carbons (Fsp3) is 0.409. The van der Waals surface area contributed by atoms with E-state index in [1.807, 2.05) is 63.2 Å². The van der Waals surface area contributed by atoms with Crippen molar-refractivity contribution in [2.75, 3.05) is 13.1 Å². The standard InChI is InChI=1S/C22H28N4O2/c1-22(2,3)25-21(28)26-14-18(17-9-5-4-6-10-17)19(15-26)20(27)24-13-16-8-7-11-23-12-16/h4-12,18-19H,13-15H2,1-3H3,(H,24,27)(H,25,28). The van der Waals surface area contributed by atoms with Gasteiger partial charge in [-0.1, -0.05) is 36.4 Å². The molecule has 6 nitrogen and oxygen atoms in total. The number of amides is 3. The smallest absolute Gasteiger partial charge is 0.317 e. The summed E-state index contributed by atoms with van der Waals surface area (Å²) in [7, 11) is 0. The molecule has 3 rings (SSSR count).